The number of sulfone groups is 1. The average Bonchev–Trinajstić information content (AvgIpc) is 3.00. The number of hydrogen-bond acceptors (Lipinski definition) is 6. The first-order valence-corrected chi connectivity index (χ1v) is 11.7. The smallest absolute Gasteiger partial charge is 0.270 e. The monoisotopic (exact) mass is 397 g/mol. The summed E-state index contributed by atoms with van der Waals surface area (Å²) in [6.45, 7) is 1.02. The molecule has 1 aliphatic carbocycles. The Bertz CT molecular complexity index is 780. The number of hydrogen-bond donors (Lipinski definition) is 1. The molecule has 3 atom stereocenters. The molecule has 1 N–H and O–H groups in total. The number of aliphatic hydroxyl groups is 1. The number of fused-ring (bicyclic) bond motifs is 1. The number of nitrogens with zero attached hydrogens (tertiary/aromatic N) is 3. The van der Waals surface area contributed by atoms with Crippen molar-refractivity contribution in [3.05, 3.63) is 0 Å². The van der Waals surface area contributed by atoms with E-state index < -0.39 is 21.5 Å². The molecule has 2 saturated heterocycles. The summed E-state index contributed by atoms with van der Waals surface area (Å²) in [6, 6.07) is -0.463. The summed E-state index contributed by atoms with van der Waals surface area (Å²) >= 11 is 0. The van der Waals surface area contributed by atoms with Gasteiger partial charge in [0.15, 0.2) is 9.84 Å². The van der Waals surface area contributed by atoms with Crippen LogP contribution in [0.25, 0.3) is 0 Å². The third kappa shape index (κ3) is 3.63. The van der Waals surface area contributed by atoms with Gasteiger partial charge in [-0.1, -0.05) is 12.8 Å². The summed E-state index contributed by atoms with van der Waals surface area (Å²) in [5.41, 5.74) is -0.316. The largest absolute Gasteiger partial charge is 0.389 e. The number of carbonyl (C=O) groups is 2. The maximum atomic E-state index is 13.0. The Morgan fingerprint density at radius 2 is 2.00 bits per heavy atom. The van der Waals surface area contributed by atoms with Crippen molar-refractivity contribution in [2.45, 2.75) is 63.0 Å². The van der Waals surface area contributed by atoms with Crippen molar-refractivity contribution >= 4 is 27.4 Å². The van der Waals surface area contributed by atoms with Crippen LogP contribution < -0.4 is 0 Å². The number of piperidine rings is 1. The molecule has 0 unspecified atom stereocenters. The molecule has 1 saturated carbocycles. The van der Waals surface area contributed by atoms with Crippen molar-refractivity contribution in [3.8, 4) is 0 Å². The molecule has 0 aromatic heterocycles. The van der Waals surface area contributed by atoms with Gasteiger partial charge in [0, 0.05) is 31.8 Å². The fraction of sp³-hybridized carbons (Fsp3) is 0.833. The van der Waals surface area contributed by atoms with Gasteiger partial charge in [-0.05, 0) is 25.7 Å². The van der Waals surface area contributed by atoms with Crippen LogP contribution in [0.1, 0.15) is 51.4 Å². The van der Waals surface area contributed by atoms with Crippen molar-refractivity contribution in [2.75, 3.05) is 24.6 Å². The fourth-order valence-corrected chi connectivity index (χ4v) is 6.61. The molecular formula is C18H27N3O5S. The highest BCUT2D eigenvalue weighted by molar-refractivity contribution is 7.91. The van der Waals surface area contributed by atoms with E-state index in [0.717, 1.165) is 25.7 Å². The molecule has 3 aliphatic heterocycles. The van der Waals surface area contributed by atoms with Crippen LogP contribution in [0.15, 0.2) is 5.10 Å². The van der Waals surface area contributed by atoms with E-state index in [1.807, 2.05) is 0 Å². The Balaban J connectivity index is 1.48. The first-order chi connectivity index (χ1) is 12.8. The summed E-state index contributed by atoms with van der Waals surface area (Å²) in [4.78, 5) is 27.0. The molecular weight excluding hydrogens is 370 g/mol. The number of rotatable bonds is 2. The minimum atomic E-state index is -3.13. The maximum absolute atomic E-state index is 13.0. The molecule has 150 valence electrons. The summed E-state index contributed by atoms with van der Waals surface area (Å²) in [7, 11) is -3.13. The van der Waals surface area contributed by atoms with Gasteiger partial charge in [-0.15, -0.1) is 0 Å². The lowest BCUT2D eigenvalue weighted by Crippen LogP contribution is -2.56. The minimum Gasteiger partial charge on any atom is -0.389 e. The summed E-state index contributed by atoms with van der Waals surface area (Å²) in [5.74, 6) is -0.310. The van der Waals surface area contributed by atoms with E-state index in [9.17, 15) is 23.1 Å². The molecule has 8 nitrogen and oxygen atoms in total. The summed E-state index contributed by atoms with van der Waals surface area (Å²) < 4.78 is 23.5. The highest BCUT2D eigenvalue weighted by Gasteiger charge is 2.45. The van der Waals surface area contributed by atoms with E-state index >= 15 is 0 Å². The van der Waals surface area contributed by atoms with E-state index in [-0.39, 0.29) is 35.7 Å². The van der Waals surface area contributed by atoms with Crippen molar-refractivity contribution in [1.29, 1.82) is 0 Å². The fourth-order valence-electron chi connectivity index (χ4n) is 4.92. The van der Waals surface area contributed by atoms with Gasteiger partial charge in [0.1, 0.15) is 5.71 Å². The van der Waals surface area contributed by atoms with Crippen LogP contribution in [0.3, 0.4) is 0 Å². The van der Waals surface area contributed by atoms with Crippen LogP contribution in [0, 0.1) is 5.92 Å². The first-order valence-electron chi connectivity index (χ1n) is 9.89. The lowest BCUT2D eigenvalue weighted by molar-refractivity contribution is -0.137. The second-order valence-electron chi connectivity index (χ2n) is 8.39. The van der Waals surface area contributed by atoms with Crippen LogP contribution in [-0.2, 0) is 19.4 Å². The van der Waals surface area contributed by atoms with Gasteiger partial charge in [-0.3, -0.25) is 9.59 Å². The van der Waals surface area contributed by atoms with E-state index in [2.05, 4.69) is 5.10 Å². The number of amides is 2. The molecule has 0 spiro atoms. The maximum Gasteiger partial charge on any atom is 0.270 e. The standard InChI is InChI=1S/C18H27N3O5S/c22-16-5-4-15(19-21(16)14-6-10-27(25,26)12-14)17(23)20-9-8-18(24)7-2-1-3-13(18)11-20/h13-14,24H,1-12H2/t13-,14-,18+/m1/s1. The zero-order chi connectivity index (χ0) is 19.2. The third-order valence-electron chi connectivity index (χ3n) is 6.58. The topological polar surface area (TPSA) is 107 Å². The van der Waals surface area contributed by atoms with E-state index in [1.54, 1.807) is 4.90 Å². The highest BCUT2D eigenvalue weighted by Crippen LogP contribution is 2.40. The molecule has 2 amide bonds. The summed E-state index contributed by atoms with van der Waals surface area (Å²) in [5, 5.41) is 16.3. The van der Waals surface area contributed by atoms with E-state index in [1.165, 1.54) is 5.01 Å². The average molecular weight is 397 g/mol. The van der Waals surface area contributed by atoms with Gasteiger partial charge in [0.05, 0.1) is 23.1 Å². The molecule has 4 aliphatic rings. The van der Waals surface area contributed by atoms with Crippen LogP contribution in [-0.4, -0.2) is 77.2 Å². The SMILES string of the molecule is O=C(C1=NN([C@@H]2CCS(=O)(=O)C2)C(=O)CC1)N1CC[C@@]2(O)CCCC[C@@H]2C1. The molecule has 3 fully saturated rings. The molecule has 4 rings (SSSR count). The van der Waals surface area contributed by atoms with Gasteiger partial charge in [0.25, 0.3) is 5.91 Å². The predicted molar refractivity (Wildman–Crippen MR) is 98.7 cm³/mol. The van der Waals surface area contributed by atoms with Gasteiger partial charge < -0.3 is 10.0 Å². The number of carbonyl (C=O) groups excluding carboxylic acids is 2. The highest BCUT2D eigenvalue weighted by atomic mass is 32.2. The van der Waals surface area contributed by atoms with Crippen molar-refractivity contribution in [2.24, 2.45) is 11.0 Å². The van der Waals surface area contributed by atoms with Gasteiger partial charge in [0.2, 0.25) is 5.91 Å². The molecule has 0 aromatic carbocycles. The lowest BCUT2D eigenvalue weighted by atomic mass is 9.71. The normalized spacial score (nSPS) is 36.3. The molecule has 3 heterocycles. The first kappa shape index (κ1) is 18.9. The molecule has 0 radical (unpaired) electrons. The Kier molecular flexibility index (Phi) is 4.78. The molecule has 9 heteroatoms. The van der Waals surface area contributed by atoms with Crippen molar-refractivity contribution in [1.82, 2.24) is 9.91 Å². The van der Waals surface area contributed by atoms with Crippen LogP contribution in [0.2, 0.25) is 0 Å². The summed E-state index contributed by atoms with van der Waals surface area (Å²) in [6.07, 6.45) is 5.28. The Morgan fingerprint density at radius 1 is 1.19 bits per heavy atom. The molecule has 27 heavy (non-hydrogen) atoms. The predicted octanol–water partition coefficient (Wildman–Crippen LogP) is 0.306. The van der Waals surface area contributed by atoms with Crippen LogP contribution >= 0.6 is 0 Å². The Hall–Kier alpha value is -1.48. The van der Waals surface area contributed by atoms with Crippen molar-refractivity contribution in [3.63, 3.8) is 0 Å². The zero-order valence-electron chi connectivity index (χ0n) is 15.5. The van der Waals surface area contributed by atoms with E-state index in [0.29, 0.717) is 38.1 Å². The van der Waals surface area contributed by atoms with E-state index in [4.69, 9.17) is 0 Å². The molecule has 0 aromatic rings. The van der Waals surface area contributed by atoms with Gasteiger partial charge in [-0.2, -0.15) is 5.10 Å². The van der Waals surface area contributed by atoms with Crippen molar-refractivity contribution < 1.29 is 23.1 Å². The van der Waals surface area contributed by atoms with Gasteiger partial charge in [-0.25, -0.2) is 13.4 Å². The van der Waals surface area contributed by atoms with Crippen LogP contribution in [0.4, 0.5) is 0 Å². The Labute approximate surface area is 159 Å². The lowest BCUT2D eigenvalue weighted by Gasteiger charge is -2.47. The second-order valence-corrected chi connectivity index (χ2v) is 10.6. The number of likely N-dealkylation sites (tertiary alicyclic amines) is 1. The Morgan fingerprint density at radius 3 is 2.74 bits per heavy atom. The second kappa shape index (κ2) is 6.84. The quantitative estimate of drug-likeness (QED) is 0.721. The zero-order valence-corrected chi connectivity index (χ0v) is 16.3. The van der Waals surface area contributed by atoms with Crippen LogP contribution in [0.5, 0.6) is 0 Å². The number of hydrazone groups is 1. The third-order valence-corrected chi connectivity index (χ3v) is 8.33. The minimum absolute atomic E-state index is 0.0621. The molecule has 0 bridgehead atoms. The van der Waals surface area contributed by atoms with Gasteiger partial charge >= 0.3 is 0 Å².